The Balaban J connectivity index is 1.83. The van der Waals surface area contributed by atoms with Crippen LogP contribution in [0.3, 0.4) is 0 Å². The Bertz CT molecular complexity index is 1190. The smallest absolute Gasteiger partial charge is 0.264 e. The molecule has 0 fully saturated rings. The van der Waals surface area contributed by atoms with Crippen molar-refractivity contribution in [3.63, 3.8) is 0 Å². The first-order valence-corrected chi connectivity index (χ1v) is 12.6. The van der Waals surface area contributed by atoms with E-state index in [1.807, 2.05) is 6.07 Å². The van der Waals surface area contributed by atoms with E-state index >= 15 is 0 Å². The van der Waals surface area contributed by atoms with Gasteiger partial charge in [-0.1, -0.05) is 31.4 Å². The minimum absolute atomic E-state index is 0.0679. The van der Waals surface area contributed by atoms with Gasteiger partial charge in [0, 0.05) is 18.3 Å². The van der Waals surface area contributed by atoms with Gasteiger partial charge >= 0.3 is 0 Å². The van der Waals surface area contributed by atoms with Gasteiger partial charge in [-0.2, -0.15) is 0 Å². The Morgan fingerprint density at radius 1 is 1.16 bits per heavy atom. The van der Waals surface area contributed by atoms with Gasteiger partial charge in [0.25, 0.3) is 15.9 Å². The number of halogens is 1. The number of carbonyl (C=O) groups is 1. The zero-order valence-corrected chi connectivity index (χ0v) is 20.0. The van der Waals surface area contributed by atoms with E-state index in [0.717, 1.165) is 29.3 Å². The second-order valence-corrected chi connectivity index (χ2v) is 10.5. The zero-order chi connectivity index (χ0) is 22.6. The number of unbranched alkanes of at least 4 members (excludes halogenated alkanes) is 2. The van der Waals surface area contributed by atoms with E-state index in [1.165, 1.54) is 48.0 Å². The molecule has 0 unspecified atom stereocenters. The Morgan fingerprint density at radius 3 is 2.61 bits per heavy atom. The number of amides is 1. The third kappa shape index (κ3) is 5.14. The lowest BCUT2D eigenvalue weighted by atomic mass is 10.2. The highest BCUT2D eigenvalue weighted by molar-refractivity contribution is 7.92. The molecule has 1 heterocycles. The molecule has 3 aromatic rings. The van der Waals surface area contributed by atoms with Gasteiger partial charge in [0.15, 0.2) is 0 Å². The molecule has 9 heteroatoms. The van der Waals surface area contributed by atoms with Crippen LogP contribution >= 0.6 is 22.9 Å². The third-order valence-electron chi connectivity index (χ3n) is 4.93. The molecule has 3 rings (SSSR count). The third-order valence-corrected chi connectivity index (χ3v) is 8.13. The first-order chi connectivity index (χ1) is 14.8. The Labute approximate surface area is 191 Å². The molecule has 0 bridgehead atoms. The first kappa shape index (κ1) is 23.4. The van der Waals surface area contributed by atoms with E-state index in [2.05, 4.69) is 12.2 Å². The number of rotatable bonds is 9. The molecule has 31 heavy (non-hydrogen) atoms. The van der Waals surface area contributed by atoms with Crippen LogP contribution in [-0.4, -0.2) is 35.0 Å². The molecule has 0 aliphatic heterocycles. The monoisotopic (exact) mass is 480 g/mol. The molecule has 0 atom stereocenters. The number of hydrogen-bond acceptors (Lipinski definition) is 5. The number of nitrogens with zero attached hydrogens (tertiary/aromatic N) is 1. The van der Waals surface area contributed by atoms with Crippen LogP contribution in [0.4, 0.5) is 5.69 Å². The Kier molecular flexibility index (Phi) is 7.46. The van der Waals surface area contributed by atoms with Crippen LogP contribution in [0, 0.1) is 0 Å². The van der Waals surface area contributed by atoms with Gasteiger partial charge in [0.2, 0.25) is 0 Å². The molecule has 0 spiro atoms. The summed E-state index contributed by atoms with van der Waals surface area (Å²) in [7, 11) is -0.860. The van der Waals surface area contributed by atoms with Crippen LogP contribution in [0.5, 0.6) is 5.75 Å². The fourth-order valence-corrected chi connectivity index (χ4v) is 5.60. The molecule has 166 valence electrons. The number of sulfonamides is 1. The molecule has 0 aliphatic rings. The summed E-state index contributed by atoms with van der Waals surface area (Å²) in [5.74, 6) is 0.302. The van der Waals surface area contributed by atoms with Crippen molar-refractivity contribution in [2.24, 2.45) is 0 Å². The van der Waals surface area contributed by atoms with Crippen molar-refractivity contribution in [1.29, 1.82) is 0 Å². The molecule has 6 nitrogen and oxygen atoms in total. The first-order valence-electron chi connectivity index (χ1n) is 9.92. The predicted octanol–water partition coefficient (Wildman–Crippen LogP) is 5.31. The molecule has 0 saturated carbocycles. The van der Waals surface area contributed by atoms with E-state index in [4.69, 9.17) is 16.3 Å². The number of ether oxygens (including phenoxy) is 1. The summed E-state index contributed by atoms with van der Waals surface area (Å²) >= 11 is 7.49. The lowest BCUT2D eigenvalue weighted by molar-refractivity contribution is 0.0957. The highest BCUT2D eigenvalue weighted by atomic mass is 35.5. The fraction of sp³-hybridized carbons (Fsp3) is 0.318. The number of hydrogen-bond donors (Lipinski definition) is 1. The Morgan fingerprint density at radius 2 is 1.94 bits per heavy atom. The second kappa shape index (κ2) is 9.89. The number of benzene rings is 2. The number of methoxy groups -OCH3 is 1. The molecule has 0 saturated heterocycles. The fourth-order valence-electron chi connectivity index (χ4n) is 3.11. The average molecular weight is 481 g/mol. The van der Waals surface area contributed by atoms with Gasteiger partial charge in [0.1, 0.15) is 5.75 Å². The van der Waals surface area contributed by atoms with Gasteiger partial charge in [0.05, 0.1) is 27.6 Å². The van der Waals surface area contributed by atoms with Crippen LogP contribution in [0.15, 0.2) is 47.4 Å². The normalized spacial score (nSPS) is 11.5. The minimum Gasteiger partial charge on any atom is -0.495 e. The van der Waals surface area contributed by atoms with Crippen LogP contribution in [0.1, 0.15) is 35.9 Å². The second-order valence-electron chi connectivity index (χ2n) is 7.06. The van der Waals surface area contributed by atoms with Crippen molar-refractivity contribution in [2.45, 2.75) is 31.1 Å². The molecule has 2 aromatic carbocycles. The van der Waals surface area contributed by atoms with Gasteiger partial charge in [-0.15, -0.1) is 11.3 Å². The zero-order valence-electron chi connectivity index (χ0n) is 17.6. The summed E-state index contributed by atoms with van der Waals surface area (Å²) in [6, 6.07) is 11.5. The summed E-state index contributed by atoms with van der Waals surface area (Å²) < 4.78 is 33.4. The molecular weight excluding hydrogens is 456 g/mol. The van der Waals surface area contributed by atoms with Gasteiger partial charge in [-0.25, -0.2) is 8.42 Å². The molecule has 0 radical (unpaired) electrons. The highest BCUT2D eigenvalue weighted by Crippen LogP contribution is 2.33. The van der Waals surface area contributed by atoms with Crippen molar-refractivity contribution in [2.75, 3.05) is 25.0 Å². The van der Waals surface area contributed by atoms with Crippen LogP contribution in [-0.2, 0) is 10.0 Å². The van der Waals surface area contributed by atoms with Crippen LogP contribution in [0.25, 0.3) is 10.1 Å². The lowest BCUT2D eigenvalue weighted by Gasteiger charge is -2.20. The maximum atomic E-state index is 13.1. The number of anilines is 1. The van der Waals surface area contributed by atoms with Gasteiger partial charge in [-0.3, -0.25) is 9.10 Å². The summed E-state index contributed by atoms with van der Waals surface area (Å²) in [5, 5.41) is 3.97. The van der Waals surface area contributed by atoms with Crippen LogP contribution < -0.4 is 14.4 Å². The van der Waals surface area contributed by atoms with Crippen molar-refractivity contribution in [3.8, 4) is 5.75 Å². The summed E-state index contributed by atoms with van der Waals surface area (Å²) in [4.78, 5) is 13.1. The van der Waals surface area contributed by atoms with E-state index in [9.17, 15) is 13.2 Å². The molecule has 0 aliphatic carbocycles. The summed E-state index contributed by atoms with van der Waals surface area (Å²) in [6.45, 7) is 2.77. The quantitative estimate of drug-likeness (QED) is 0.421. The number of fused-ring (bicyclic) bond motifs is 1. The summed E-state index contributed by atoms with van der Waals surface area (Å²) in [6.07, 6.45) is 3.13. The van der Waals surface area contributed by atoms with Crippen LogP contribution in [0.2, 0.25) is 5.02 Å². The Hall–Kier alpha value is -2.29. The van der Waals surface area contributed by atoms with E-state index in [-0.39, 0.29) is 15.8 Å². The lowest BCUT2D eigenvalue weighted by Crippen LogP contribution is -2.26. The van der Waals surface area contributed by atoms with E-state index in [1.54, 1.807) is 18.2 Å². The number of thiophene rings is 1. The average Bonchev–Trinajstić information content (AvgIpc) is 3.19. The standard InChI is InChI=1S/C22H25ClN2O4S2/c1-4-5-6-11-24-22(26)21-13-15-12-16(7-10-20(15)30-21)25(2)31(27,28)17-8-9-19(29-3)18(23)14-17/h7-10,12-14H,4-6,11H2,1-3H3,(H,24,26). The number of carbonyl (C=O) groups excluding carboxylic acids is 1. The van der Waals surface area contributed by atoms with Crippen molar-refractivity contribution in [3.05, 3.63) is 52.4 Å². The highest BCUT2D eigenvalue weighted by Gasteiger charge is 2.23. The topological polar surface area (TPSA) is 75.7 Å². The molecule has 1 aromatic heterocycles. The van der Waals surface area contributed by atoms with E-state index < -0.39 is 10.0 Å². The maximum absolute atomic E-state index is 13.1. The molecule has 1 N–H and O–H groups in total. The maximum Gasteiger partial charge on any atom is 0.264 e. The summed E-state index contributed by atoms with van der Waals surface area (Å²) in [5.41, 5.74) is 0.493. The SMILES string of the molecule is CCCCCNC(=O)c1cc2cc(N(C)S(=O)(=O)c3ccc(OC)c(Cl)c3)ccc2s1. The molecule has 1 amide bonds. The predicted molar refractivity (Wildman–Crippen MR) is 127 cm³/mol. The van der Waals surface area contributed by atoms with Gasteiger partial charge in [-0.05, 0) is 54.3 Å². The van der Waals surface area contributed by atoms with Crippen molar-refractivity contribution in [1.82, 2.24) is 5.32 Å². The molecular formula is C22H25ClN2O4S2. The van der Waals surface area contributed by atoms with Crippen molar-refractivity contribution < 1.29 is 17.9 Å². The largest absolute Gasteiger partial charge is 0.495 e. The van der Waals surface area contributed by atoms with Crippen molar-refractivity contribution >= 4 is 54.6 Å². The number of nitrogens with one attached hydrogen (secondary N) is 1. The van der Waals surface area contributed by atoms with Gasteiger partial charge < -0.3 is 10.1 Å². The minimum atomic E-state index is -3.82. The van der Waals surface area contributed by atoms with E-state index in [0.29, 0.717) is 22.9 Å².